The molecule has 0 saturated carbocycles. The molecule has 4 nitrogen and oxygen atoms in total. The van der Waals surface area contributed by atoms with E-state index in [1.807, 2.05) is 42.5 Å². The van der Waals surface area contributed by atoms with E-state index in [-0.39, 0.29) is 19.3 Å². The van der Waals surface area contributed by atoms with Crippen molar-refractivity contribution >= 4 is 0 Å². The number of nitriles is 1. The molecule has 0 radical (unpaired) electrons. The SMILES string of the molecule is CC(NCc1ccccc1OCCO)c1cccc(C#N)c1. The maximum absolute atomic E-state index is 8.96. The highest BCUT2D eigenvalue weighted by atomic mass is 16.5. The second kappa shape index (κ2) is 8.18. The van der Waals surface area contributed by atoms with Gasteiger partial charge >= 0.3 is 0 Å². The fraction of sp³-hybridized carbons (Fsp3) is 0.278. The highest BCUT2D eigenvalue weighted by molar-refractivity contribution is 5.35. The lowest BCUT2D eigenvalue weighted by atomic mass is 10.1. The third kappa shape index (κ3) is 4.32. The van der Waals surface area contributed by atoms with Crippen molar-refractivity contribution in [2.45, 2.75) is 19.5 Å². The summed E-state index contributed by atoms with van der Waals surface area (Å²) in [6, 6.07) is 17.6. The van der Waals surface area contributed by atoms with Crippen LogP contribution in [0.4, 0.5) is 0 Å². The Hall–Kier alpha value is -2.35. The van der Waals surface area contributed by atoms with Crippen LogP contribution in [0, 0.1) is 11.3 Å². The summed E-state index contributed by atoms with van der Waals surface area (Å²) in [6.07, 6.45) is 0. The largest absolute Gasteiger partial charge is 0.491 e. The summed E-state index contributed by atoms with van der Waals surface area (Å²) in [5.41, 5.74) is 2.78. The topological polar surface area (TPSA) is 65.3 Å². The monoisotopic (exact) mass is 296 g/mol. The Morgan fingerprint density at radius 3 is 2.82 bits per heavy atom. The number of benzene rings is 2. The number of nitrogens with zero attached hydrogens (tertiary/aromatic N) is 1. The fourth-order valence-electron chi connectivity index (χ4n) is 2.20. The van der Waals surface area contributed by atoms with Crippen LogP contribution >= 0.6 is 0 Å². The molecule has 0 bridgehead atoms. The van der Waals surface area contributed by atoms with E-state index in [2.05, 4.69) is 18.3 Å². The fourth-order valence-corrected chi connectivity index (χ4v) is 2.20. The third-order valence-electron chi connectivity index (χ3n) is 3.44. The standard InChI is InChI=1S/C18H20N2O2/c1-14(16-7-4-5-15(11-16)12-19)20-13-17-6-2-3-8-18(17)22-10-9-21/h2-8,11,14,20-21H,9-10,13H2,1H3. The zero-order valence-electron chi connectivity index (χ0n) is 12.6. The molecule has 0 saturated heterocycles. The number of para-hydroxylation sites is 1. The number of ether oxygens (including phenoxy) is 1. The Labute approximate surface area is 131 Å². The highest BCUT2D eigenvalue weighted by Gasteiger charge is 2.08. The van der Waals surface area contributed by atoms with Gasteiger partial charge in [-0.05, 0) is 30.7 Å². The Kier molecular flexibility index (Phi) is 5.96. The van der Waals surface area contributed by atoms with Crippen molar-refractivity contribution < 1.29 is 9.84 Å². The van der Waals surface area contributed by atoms with Gasteiger partial charge in [-0.3, -0.25) is 0 Å². The predicted octanol–water partition coefficient (Wildman–Crippen LogP) is 2.78. The first-order chi connectivity index (χ1) is 10.7. The molecule has 0 aliphatic carbocycles. The Morgan fingerprint density at radius 1 is 1.23 bits per heavy atom. The van der Waals surface area contributed by atoms with Crippen molar-refractivity contribution in [2.75, 3.05) is 13.2 Å². The zero-order chi connectivity index (χ0) is 15.8. The number of rotatable bonds is 7. The highest BCUT2D eigenvalue weighted by Crippen LogP contribution is 2.20. The Balaban J connectivity index is 2.01. The molecule has 4 heteroatoms. The minimum atomic E-state index is -0.000875. The van der Waals surface area contributed by atoms with E-state index < -0.39 is 0 Å². The van der Waals surface area contributed by atoms with E-state index in [1.165, 1.54) is 0 Å². The van der Waals surface area contributed by atoms with E-state index in [0.29, 0.717) is 12.1 Å². The molecule has 2 rings (SSSR count). The van der Waals surface area contributed by atoms with Crippen LogP contribution in [0.1, 0.15) is 29.7 Å². The van der Waals surface area contributed by atoms with Crippen LogP contribution in [-0.4, -0.2) is 18.3 Å². The molecule has 0 aromatic heterocycles. The van der Waals surface area contributed by atoms with Crippen LogP contribution in [-0.2, 0) is 6.54 Å². The molecule has 2 aromatic carbocycles. The van der Waals surface area contributed by atoms with Crippen LogP contribution in [0.25, 0.3) is 0 Å². The van der Waals surface area contributed by atoms with Crippen molar-refractivity contribution in [3.63, 3.8) is 0 Å². The van der Waals surface area contributed by atoms with Gasteiger partial charge in [0, 0.05) is 18.2 Å². The molecule has 1 unspecified atom stereocenters. The first kappa shape index (κ1) is 16.0. The average molecular weight is 296 g/mol. The number of hydrogen-bond acceptors (Lipinski definition) is 4. The smallest absolute Gasteiger partial charge is 0.123 e. The first-order valence-corrected chi connectivity index (χ1v) is 7.29. The van der Waals surface area contributed by atoms with Crippen molar-refractivity contribution in [3.8, 4) is 11.8 Å². The van der Waals surface area contributed by atoms with Gasteiger partial charge in [0.15, 0.2) is 0 Å². The van der Waals surface area contributed by atoms with Gasteiger partial charge in [-0.15, -0.1) is 0 Å². The second-order valence-corrected chi connectivity index (χ2v) is 5.02. The Bertz CT molecular complexity index is 650. The molecular formula is C18H20N2O2. The summed E-state index contributed by atoms with van der Waals surface area (Å²) in [7, 11) is 0. The van der Waals surface area contributed by atoms with Crippen LogP contribution in [0.5, 0.6) is 5.75 Å². The minimum Gasteiger partial charge on any atom is -0.491 e. The molecule has 0 aliphatic heterocycles. The second-order valence-electron chi connectivity index (χ2n) is 5.02. The zero-order valence-corrected chi connectivity index (χ0v) is 12.6. The van der Waals surface area contributed by atoms with Gasteiger partial charge in [0.25, 0.3) is 0 Å². The van der Waals surface area contributed by atoms with E-state index in [4.69, 9.17) is 15.1 Å². The van der Waals surface area contributed by atoms with Gasteiger partial charge in [0.2, 0.25) is 0 Å². The summed E-state index contributed by atoms with van der Waals surface area (Å²) in [6.45, 7) is 3.00. The van der Waals surface area contributed by atoms with Crippen LogP contribution in [0.2, 0.25) is 0 Å². The molecule has 22 heavy (non-hydrogen) atoms. The molecule has 2 aromatic rings. The van der Waals surface area contributed by atoms with Crippen molar-refractivity contribution in [1.82, 2.24) is 5.32 Å². The summed E-state index contributed by atoms with van der Waals surface area (Å²) in [5, 5.41) is 21.3. The average Bonchev–Trinajstić information content (AvgIpc) is 2.58. The maximum Gasteiger partial charge on any atom is 0.123 e. The number of nitrogens with one attached hydrogen (secondary N) is 1. The molecule has 0 aliphatic rings. The van der Waals surface area contributed by atoms with E-state index in [9.17, 15) is 0 Å². The van der Waals surface area contributed by atoms with Crippen LogP contribution in [0.3, 0.4) is 0 Å². The van der Waals surface area contributed by atoms with Crippen molar-refractivity contribution in [3.05, 3.63) is 65.2 Å². The summed E-state index contributed by atoms with van der Waals surface area (Å²) < 4.78 is 5.53. The quantitative estimate of drug-likeness (QED) is 0.824. The van der Waals surface area contributed by atoms with E-state index in [0.717, 1.165) is 16.9 Å². The normalized spacial score (nSPS) is 11.7. The van der Waals surface area contributed by atoms with E-state index >= 15 is 0 Å². The molecule has 0 spiro atoms. The van der Waals surface area contributed by atoms with Gasteiger partial charge in [-0.25, -0.2) is 0 Å². The van der Waals surface area contributed by atoms with Crippen molar-refractivity contribution in [1.29, 1.82) is 5.26 Å². The van der Waals surface area contributed by atoms with Crippen molar-refractivity contribution in [2.24, 2.45) is 0 Å². The lowest BCUT2D eigenvalue weighted by Gasteiger charge is -2.16. The molecular weight excluding hydrogens is 276 g/mol. The molecule has 0 fully saturated rings. The lowest BCUT2D eigenvalue weighted by Crippen LogP contribution is -2.19. The van der Waals surface area contributed by atoms with Gasteiger partial charge < -0.3 is 15.2 Å². The molecule has 114 valence electrons. The molecule has 0 amide bonds. The predicted molar refractivity (Wildman–Crippen MR) is 85.4 cm³/mol. The van der Waals surface area contributed by atoms with Gasteiger partial charge in [0.05, 0.1) is 18.2 Å². The van der Waals surface area contributed by atoms with Gasteiger partial charge in [-0.1, -0.05) is 30.3 Å². The third-order valence-corrected chi connectivity index (χ3v) is 3.44. The summed E-state index contributed by atoms with van der Waals surface area (Å²) in [4.78, 5) is 0. The molecule has 1 atom stereocenters. The first-order valence-electron chi connectivity index (χ1n) is 7.29. The maximum atomic E-state index is 8.96. The molecule has 0 heterocycles. The van der Waals surface area contributed by atoms with E-state index in [1.54, 1.807) is 6.07 Å². The summed E-state index contributed by atoms with van der Waals surface area (Å²) >= 11 is 0. The summed E-state index contributed by atoms with van der Waals surface area (Å²) in [5.74, 6) is 0.780. The van der Waals surface area contributed by atoms with Gasteiger partial charge in [0.1, 0.15) is 12.4 Å². The van der Waals surface area contributed by atoms with Crippen LogP contribution < -0.4 is 10.1 Å². The number of aliphatic hydroxyl groups excluding tert-OH is 1. The Morgan fingerprint density at radius 2 is 2.05 bits per heavy atom. The molecule has 2 N–H and O–H groups in total. The van der Waals surface area contributed by atoms with Crippen LogP contribution in [0.15, 0.2) is 48.5 Å². The minimum absolute atomic E-state index is 0.000875. The van der Waals surface area contributed by atoms with Gasteiger partial charge in [-0.2, -0.15) is 5.26 Å². The number of aliphatic hydroxyl groups is 1. The lowest BCUT2D eigenvalue weighted by molar-refractivity contribution is 0.200. The number of hydrogen-bond donors (Lipinski definition) is 2.